The third-order valence-corrected chi connectivity index (χ3v) is 0. The van der Waals surface area contributed by atoms with Crippen LogP contribution in [-0.4, -0.2) is 65.6 Å². The summed E-state index contributed by atoms with van der Waals surface area (Å²) in [6.45, 7) is 0. The minimum atomic E-state index is -2.17. The fourth-order valence-corrected chi connectivity index (χ4v) is 0. The Kier molecular flexibility index (Phi) is 51.2. The Bertz CT molecular complexity index is 16.4. The predicted molar refractivity (Wildman–Crippen MR) is 24.6 cm³/mol. The van der Waals surface area contributed by atoms with Crippen LogP contribution in [0.5, 0.6) is 0 Å². The van der Waals surface area contributed by atoms with Gasteiger partial charge < -0.3 is 20.5 Å². The van der Waals surface area contributed by atoms with Gasteiger partial charge in [0.1, 0.15) is 0 Å². The normalized spacial score (nSPS) is 3.86. The zero-order valence-corrected chi connectivity index (χ0v) is 5.04. The second-order valence-corrected chi connectivity index (χ2v) is 0.346. The van der Waals surface area contributed by atoms with Gasteiger partial charge in [-0.25, -0.2) is 0 Å². The average molecular weight is 279 g/mol. The van der Waals surface area contributed by atoms with Crippen LogP contribution in [0.2, 0.25) is 0 Å². The maximum atomic E-state index is 7.17. The van der Waals surface area contributed by atoms with E-state index < -0.39 is 7.32 Å². The molecule has 0 unspecified atom stereocenters. The molecule has 0 saturated heterocycles. The summed E-state index contributed by atoms with van der Waals surface area (Å²) in [5.74, 6) is 0. The van der Waals surface area contributed by atoms with Crippen LogP contribution in [0.3, 0.4) is 0 Å². The van der Waals surface area contributed by atoms with Crippen molar-refractivity contribution < 1.29 is 60.5 Å². The first-order chi connectivity index (χ1) is 1.73. The molecule has 44 valence electrons. The van der Waals surface area contributed by atoms with E-state index in [0.717, 1.165) is 0 Å². The second kappa shape index (κ2) is 15.8. The van der Waals surface area contributed by atoms with Gasteiger partial charge in [-0.1, -0.05) is 0 Å². The zero-order valence-electron chi connectivity index (χ0n) is 2.77. The van der Waals surface area contributed by atoms with Gasteiger partial charge in [0.2, 0.25) is 0 Å². The fourth-order valence-electron chi connectivity index (χ4n) is 0. The van der Waals surface area contributed by atoms with Gasteiger partial charge in [0.25, 0.3) is 0 Å². The van der Waals surface area contributed by atoms with Crippen LogP contribution in [0.1, 0.15) is 0 Å². The van der Waals surface area contributed by atoms with Gasteiger partial charge in [-0.05, 0) is 0 Å². The van der Waals surface area contributed by atoms with E-state index in [1.54, 1.807) is 0 Å². The number of rotatable bonds is 0. The summed E-state index contributed by atoms with van der Waals surface area (Å²) in [5.41, 5.74) is 0. The minimum absolute atomic E-state index is 0. The van der Waals surface area contributed by atoms with Gasteiger partial charge in [0, 0.05) is 39.9 Å². The number of hydrogen-bond acceptors (Lipinski definition) is 3. The van der Waals surface area contributed by atoms with Crippen molar-refractivity contribution in [2.45, 2.75) is 0 Å². The molecule has 0 aromatic heterocycles. The molecule has 0 fully saturated rings. The van der Waals surface area contributed by atoms with Crippen molar-refractivity contribution in [3.8, 4) is 0 Å². The van der Waals surface area contributed by atoms with E-state index >= 15 is 0 Å². The predicted octanol–water partition coefficient (Wildman–Crippen LogP) is -3.79. The van der Waals surface area contributed by atoms with Crippen LogP contribution in [0.4, 0.5) is 0 Å². The van der Waals surface area contributed by atoms with E-state index in [9.17, 15) is 0 Å². The SMILES string of the molecule is O.OB(O)O.[CaH2].[Gd]. The summed E-state index contributed by atoms with van der Waals surface area (Å²) in [5, 5.41) is 21.5. The Balaban J connectivity index is -0.0000000150. The molecule has 0 radical (unpaired) electrons. The molecule has 5 N–H and O–H groups in total. The first-order valence-electron chi connectivity index (χ1n) is 0.775. The summed E-state index contributed by atoms with van der Waals surface area (Å²) in [6, 6.07) is 0. The fraction of sp³-hybridized carbons (Fsp3) is 0. The quantitative estimate of drug-likeness (QED) is 0.397. The molecule has 4 nitrogen and oxygen atoms in total. The van der Waals surface area contributed by atoms with E-state index in [2.05, 4.69) is 0 Å². The molecule has 7 heavy (non-hydrogen) atoms. The van der Waals surface area contributed by atoms with Crippen LogP contribution in [-0.2, 0) is 0 Å². The maximum absolute atomic E-state index is 7.17. The van der Waals surface area contributed by atoms with Crippen LogP contribution in [0.15, 0.2) is 0 Å². The Labute approximate surface area is 103 Å². The molecule has 0 atom stereocenters. The summed E-state index contributed by atoms with van der Waals surface area (Å²) >= 11 is 0. The Morgan fingerprint density at radius 3 is 1.00 bits per heavy atom. The molecule has 0 aromatic carbocycles. The van der Waals surface area contributed by atoms with Crippen molar-refractivity contribution in [3.05, 3.63) is 0 Å². The van der Waals surface area contributed by atoms with Crippen LogP contribution < -0.4 is 0 Å². The summed E-state index contributed by atoms with van der Waals surface area (Å²) in [4.78, 5) is 0. The molecule has 0 saturated carbocycles. The third-order valence-electron chi connectivity index (χ3n) is 0. The first kappa shape index (κ1) is 22.7. The molecular formula is H7BCaGdO4. The van der Waals surface area contributed by atoms with E-state index in [1.807, 2.05) is 0 Å². The standard InChI is InChI=1S/BH3O3.Ca.Gd.H2O.2H/c2-1(3)4;;;;;/h2-4H;;;1H2;;. The topological polar surface area (TPSA) is 92.2 Å². The molecule has 0 rings (SSSR count). The molecule has 7 heteroatoms. The van der Waals surface area contributed by atoms with Crippen LogP contribution in [0, 0.1) is 39.9 Å². The van der Waals surface area contributed by atoms with Crippen molar-refractivity contribution in [1.82, 2.24) is 0 Å². The Morgan fingerprint density at radius 2 is 1.00 bits per heavy atom. The monoisotopic (exact) mass is 280 g/mol. The van der Waals surface area contributed by atoms with Crippen molar-refractivity contribution in [2.75, 3.05) is 0 Å². The first-order valence-corrected chi connectivity index (χ1v) is 0.775. The molecule has 0 spiro atoms. The second-order valence-electron chi connectivity index (χ2n) is 0.346. The van der Waals surface area contributed by atoms with Gasteiger partial charge >= 0.3 is 45.1 Å². The van der Waals surface area contributed by atoms with E-state index in [1.165, 1.54) is 0 Å². The summed E-state index contributed by atoms with van der Waals surface area (Å²) in [7, 11) is -2.17. The zero-order chi connectivity index (χ0) is 3.58. The molecule has 0 aliphatic carbocycles. The van der Waals surface area contributed by atoms with E-state index in [-0.39, 0.29) is 83.2 Å². The largest absolute Gasteiger partial charge is 0 e. The van der Waals surface area contributed by atoms with E-state index in [0.29, 0.717) is 0 Å². The van der Waals surface area contributed by atoms with Gasteiger partial charge in [-0.15, -0.1) is 0 Å². The molecule has 0 aliphatic heterocycles. The third kappa shape index (κ3) is 57.7. The molecule has 0 aliphatic rings. The molecule has 0 bridgehead atoms. The van der Waals surface area contributed by atoms with Crippen molar-refractivity contribution >= 4 is 45.1 Å². The number of hydrogen-bond donors (Lipinski definition) is 3. The van der Waals surface area contributed by atoms with Crippen LogP contribution >= 0.6 is 0 Å². The van der Waals surface area contributed by atoms with Crippen molar-refractivity contribution in [1.29, 1.82) is 0 Å². The van der Waals surface area contributed by atoms with Gasteiger partial charge in [-0.3, -0.25) is 0 Å². The maximum Gasteiger partial charge on any atom is 0 e. The molecule has 0 aromatic rings. The Morgan fingerprint density at radius 1 is 1.00 bits per heavy atom. The smallest absolute Gasteiger partial charge is 0 e. The Hall–Kier alpha value is 2.49. The molecule has 0 amide bonds. The molecule has 0 heterocycles. The van der Waals surface area contributed by atoms with Crippen molar-refractivity contribution in [2.24, 2.45) is 0 Å². The molecular weight excluding hydrogens is 272 g/mol. The van der Waals surface area contributed by atoms with E-state index in [4.69, 9.17) is 15.1 Å². The van der Waals surface area contributed by atoms with Gasteiger partial charge in [0.15, 0.2) is 0 Å². The average Bonchev–Trinajstić information content (AvgIpc) is 0.811. The van der Waals surface area contributed by atoms with Crippen molar-refractivity contribution in [3.63, 3.8) is 0 Å². The summed E-state index contributed by atoms with van der Waals surface area (Å²) in [6.07, 6.45) is 0. The van der Waals surface area contributed by atoms with Crippen LogP contribution in [0.25, 0.3) is 0 Å². The minimum Gasteiger partial charge on any atom is 0 e. The van der Waals surface area contributed by atoms with Gasteiger partial charge in [0.05, 0.1) is 0 Å². The van der Waals surface area contributed by atoms with Gasteiger partial charge in [-0.2, -0.15) is 0 Å². The summed E-state index contributed by atoms with van der Waals surface area (Å²) < 4.78 is 0.